The summed E-state index contributed by atoms with van der Waals surface area (Å²) in [6.07, 6.45) is -11.6. The number of ether oxygens (including phenoxy) is 1. The Morgan fingerprint density at radius 3 is 2.12 bits per heavy atom. The van der Waals surface area contributed by atoms with Crippen molar-refractivity contribution in [1.29, 1.82) is 0 Å². The van der Waals surface area contributed by atoms with Crippen LogP contribution in [0.15, 0.2) is 24.3 Å². The molecule has 2 aliphatic rings. The molecule has 2 fully saturated rings. The fourth-order valence-electron chi connectivity index (χ4n) is 4.32. The van der Waals surface area contributed by atoms with Crippen molar-refractivity contribution in [2.24, 2.45) is 11.8 Å². The smallest absolute Gasteiger partial charge is 0.425 e. The van der Waals surface area contributed by atoms with Gasteiger partial charge in [0.25, 0.3) is 5.91 Å². The van der Waals surface area contributed by atoms with Crippen LogP contribution in [0.25, 0.3) is 0 Å². The first kappa shape index (κ1) is 23.1. The Labute approximate surface area is 185 Å². The highest BCUT2D eigenvalue weighted by molar-refractivity contribution is 5.97. The second-order valence-corrected chi connectivity index (χ2v) is 8.32. The van der Waals surface area contributed by atoms with Crippen LogP contribution in [0.3, 0.4) is 0 Å². The quantitative estimate of drug-likeness (QED) is 0.628. The molecule has 4 rings (SSSR count). The largest absolute Gasteiger partial charge is 0.499 e. The molecule has 1 aromatic heterocycles. The Hall–Kier alpha value is -3.05. The summed E-state index contributed by atoms with van der Waals surface area (Å²) in [5.41, 5.74) is 0.680. The van der Waals surface area contributed by atoms with Crippen molar-refractivity contribution < 1.29 is 35.9 Å². The number of amides is 1. The average molecular weight is 474 g/mol. The van der Waals surface area contributed by atoms with Gasteiger partial charge in [-0.2, -0.15) is 22.0 Å². The first-order chi connectivity index (χ1) is 15.4. The van der Waals surface area contributed by atoms with E-state index >= 15 is 0 Å². The Balaban J connectivity index is 1.50. The number of aryl methyl sites for hydroxylation is 2. The number of rotatable bonds is 4. The molecule has 0 N–H and O–H groups in total. The zero-order chi connectivity index (χ0) is 24.1. The maximum absolute atomic E-state index is 14.4. The number of carbonyl (C=O) groups excluding carboxylic acids is 1. The summed E-state index contributed by atoms with van der Waals surface area (Å²) in [5.74, 6) is -2.84. The van der Waals surface area contributed by atoms with Gasteiger partial charge in [-0.15, -0.1) is 0 Å². The van der Waals surface area contributed by atoms with E-state index in [1.807, 2.05) is 24.8 Å². The van der Waals surface area contributed by atoms with Gasteiger partial charge in [-0.1, -0.05) is 6.07 Å². The van der Waals surface area contributed by atoms with Crippen LogP contribution in [0.1, 0.15) is 21.7 Å². The van der Waals surface area contributed by atoms with Gasteiger partial charge in [0.05, 0.1) is 0 Å². The zero-order valence-electron chi connectivity index (χ0n) is 17.7. The van der Waals surface area contributed by atoms with Gasteiger partial charge < -0.3 is 14.5 Å². The van der Waals surface area contributed by atoms with Crippen LogP contribution in [-0.4, -0.2) is 59.2 Å². The maximum Gasteiger partial charge on any atom is 0.499 e. The fraction of sp³-hybridized carbons (Fsp3) is 0.476. The Morgan fingerprint density at radius 2 is 1.58 bits per heavy atom. The molecule has 0 saturated carbocycles. The molecule has 0 aliphatic carbocycles. The van der Waals surface area contributed by atoms with Gasteiger partial charge in [0, 0.05) is 49.4 Å². The number of hydrogen-bond donors (Lipinski definition) is 0. The number of benzene rings is 1. The molecule has 6 nitrogen and oxygen atoms in total. The molecular weight excluding hydrogens is 454 g/mol. The topological polar surface area (TPSA) is 58.6 Å². The number of halogens is 6. The summed E-state index contributed by atoms with van der Waals surface area (Å²) in [6.45, 7) is 5.15. The number of anilines is 1. The number of fused-ring (bicyclic) bond motifs is 1. The Morgan fingerprint density at radius 1 is 1.00 bits per heavy atom. The number of hydrogen-bond acceptors (Lipinski definition) is 5. The van der Waals surface area contributed by atoms with E-state index in [9.17, 15) is 31.1 Å². The molecular formula is C21H20F6N4O2. The van der Waals surface area contributed by atoms with Gasteiger partial charge in [-0.25, -0.2) is 14.4 Å². The molecule has 2 aliphatic heterocycles. The molecule has 0 radical (unpaired) electrons. The predicted octanol–water partition coefficient (Wildman–Crippen LogP) is 3.97. The molecule has 1 amide bonds. The maximum atomic E-state index is 14.4. The minimum atomic E-state index is -6.02. The lowest BCUT2D eigenvalue weighted by molar-refractivity contribution is -0.360. The Kier molecular flexibility index (Phi) is 5.65. The van der Waals surface area contributed by atoms with Crippen molar-refractivity contribution in [3.05, 3.63) is 47.0 Å². The SMILES string of the molecule is Cc1cc(C)nc(N2C[C@H]3CN(C(=O)c4c(F)cccc4OC(F)(F)C(F)(F)F)C[C@H]3C2)n1. The highest BCUT2D eigenvalue weighted by atomic mass is 19.4. The second kappa shape index (κ2) is 8.07. The van der Waals surface area contributed by atoms with E-state index < -0.39 is 35.3 Å². The van der Waals surface area contributed by atoms with E-state index in [1.54, 1.807) is 0 Å². The Bertz CT molecular complexity index is 1040. The van der Waals surface area contributed by atoms with E-state index in [-0.39, 0.29) is 24.9 Å². The normalized spacial score (nSPS) is 20.8. The summed E-state index contributed by atoms with van der Waals surface area (Å²) >= 11 is 0. The molecule has 178 valence electrons. The highest BCUT2D eigenvalue weighted by Crippen LogP contribution is 2.40. The third kappa shape index (κ3) is 4.42. The van der Waals surface area contributed by atoms with Crippen molar-refractivity contribution >= 4 is 11.9 Å². The molecule has 0 bridgehead atoms. The van der Waals surface area contributed by atoms with E-state index in [0.717, 1.165) is 23.5 Å². The van der Waals surface area contributed by atoms with Crippen molar-refractivity contribution in [1.82, 2.24) is 14.9 Å². The van der Waals surface area contributed by atoms with E-state index in [1.165, 1.54) is 4.90 Å². The number of aromatic nitrogens is 2. The number of alkyl halides is 5. The summed E-state index contributed by atoms with van der Waals surface area (Å²) in [6, 6.07) is 4.26. The lowest BCUT2D eigenvalue weighted by atomic mass is 10.0. The first-order valence-electron chi connectivity index (χ1n) is 10.1. The lowest BCUT2D eigenvalue weighted by Gasteiger charge is -2.25. The molecule has 1 aromatic carbocycles. The average Bonchev–Trinajstić information content (AvgIpc) is 3.25. The van der Waals surface area contributed by atoms with Gasteiger partial charge in [0.15, 0.2) is 0 Å². The van der Waals surface area contributed by atoms with Crippen LogP contribution in [0.4, 0.5) is 32.3 Å². The standard InChI is InChI=1S/C21H20F6N4O2/c1-11-6-12(2)29-19(28-11)31-9-13-7-30(8-14(13)10-31)18(32)17-15(22)4-3-5-16(17)33-21(26,27)20(23,24)25/h3-6,13-14H,7-10H2,1-2H3/t13-,14+. The summed E-state index contributed by atoms with van der Waals surface area (Å²) in [5, 5.41) is 0. The molecule has 3 heterocycles. The first-order valence-corrected chi connectivity index (χ1v) is 10.1. The lowest BCUT2D eigenvalue weighted by Crippen LogP contribution is -2.42. The minimum absolute atomic E-state index is 0.00822. The number of nitrogens with zero attached hydrogens (tertiary/aromatic N) is 4. The zero-order valence-corrected chi connectivity index (χ0v) is 17.7. The van der Waals surface area contributed by atoms with Crippen molar-refractivity contribution in [2.45, 2.75) is 26.1 Å². The van der Waals surface area contributed by atoms with Gasteiger partial charge in [-0.05, 0) is 32.0 Å². The second-order valence-electron chi connectivity index (χ2n) is 8.32. The molecule has 12 heteroatoms. The van der Waals surface area contributed by atoms with Crippen LogP contribution < -0.4 is 9.64 Å². The summed E-state index contributed by atoms with van der Waals surface area (Å²) in [7, 11) is 0. The van der Waals surface area contributed by atoms with Crippen molar-refractivity contribution in [3.63, 3.8) is 0 Å². The van der Waals surface area contributed by atoms with E-state index in [0.29, 0.717) is 25.1 Å². The van der Waals surface area contributed by atoms with Crippen LogP contribution >= 0.6 is 0 Å². The molecule has 0 spiro atoms. The molecule has 2 atom stereocenters. The number of likely N-dealkylation sites (tertiary alicyclic amines) is 1. The number of carbonyl (C=O) groups is 1. The van der Waals surface area contributed by atoms with Crippen LogP contribution in [-0.2, 0) is 0 Å². The van der Waals surface area contributed by atoms with E-state index in [4.69, 9.17) is 0 Å². The van der Waals surface area contributed by atoms with Gasteiger partial charge in [0.1, 0.15) is 17.1 Å². The molecule has 2 aromatic rings. The molecule has 0 unspecified atom stereocenters. The monoisotopic (exact) mass is 474 g/mol. The van der Waals surface area contributed by atoms with Gasteiger partial charge in [0.2, 0.25) is 5.95 Å². The van der Waals surface area contributed by atoms with Gasteiger partial charge in [-0.3, -0.25) is 4.79 Å². The predicted molar refractivity (Wildman–Crippen MR) is 105 cm³/mol. The fourth-order valence-corrected chi connectivity index (χ4v) is 4.32. The summed E-state index contributed by atoms with van der Waals surface area (Å²) < 4.78 is 82.7. The minimum Gasteiger partial charge on any atom is -0.425 e. The third-order valence-electron chi connectivity index (χ3n) is 5.78. The van der Waals surface area contributed by atoms with Crippen LogP contribution in [0.5, 0.6) is 5.75 Å². The molecule has 33 heavy (non-hydrogen) atoms. The summed E-state index contributed by atoms with van der Waals surface area (Å²) in [4.78, 5) is 25.0. The van der Waals surface area contributed by atoms with Crippen LogP contribution in [0, 0.1) is 31.5 Å². The van der Waals surface area contributed by atoms with Crippen molar-refractivity contribution in [3.8, 4) is 5.75 Å². The van der Waals surface area contributed by atoms with Crippen LogP contribution in [0.2, 0.25) is 0 Å². The molecule has 2 saturated heterocycles. The highest BCUT2D eigenvalue weighted by Gasteiger charge is 2.61. The van der Waals surface area contributed by atoms with E-state index in [2.05, 4.69) is 14.7 Å². The van der Waals surface area contributed by atoms with Gasteiger partial charge >= 0.3 is 12.3 Å². The van der Waals surface area contributed by atoms with Crippen molar-refractivity contribution in [2.75, 3.05) is 31.1 Å². The third-order valence-corrected chi connectivity index (χ3v) is 5.78.